The van der Waals surface area contributed by atoms with Gasteiger partial charge in [0.1, 0.15) is 5.78 Å². The second kappa shape index (κ2) is 3.79. The molecule has 2 fully saturated rings. The van der Waals surface area contributed by atoms with Crippen molar-refractivity contribution in [3.8, 4) is 0 Å². The maximum atomic E-state index is 11.0. The summed E-state index contributed by atoms with van der Waals surface area (Å²) in [5.74, 6) is 1.32. The molecule has 1 heterocycles. The number of Topliss-reactive ketones (excluding diaryl/α,β-unsaturated/α-hetero) is 1. The Hall–Kier alpha value is -0.370. The van der Waals surface area contributed by atoms with Gasteiger partial charge in [-0.1, -0.05) is 0 Å². The molecular weight excluding hydrogens is 162 g/mol. The van der Waals surface area contributed by atoms with E-state index >= 15 is 0 Å². The summed E-state index contributed by atoms with van der Waals surface area (Å²) in [6.45, 7) is 4.21. The SMILES string of the molecule is CC(=O)CC1CCCN1CC1CC1. The van der Waals surface area contributed by atoms with Crippen molar-refractivity contribution in [3.05, 3.63) is 0 Å². The first-order valence-electron chi connectivity index (χ1n) is 5.49. The first kappa shape index (κ1) is 9.20. The lowest BCUT2D eigenvalue weighted by Crippen LogP contribution is -2.32. The van der Waals surface area contributed by atoms with Gasteiger partial charge in [0, 0.05) is 19.0 Å². The summed E-state index contributed by atoms with van der Waals surface area (Å²) in [7, 11) is 0. The summed E-state index contributed by atoms with van der Waals surface area (Å²) in [6.07, 6.45) is 6.16. The van der Waals surface area contributed by atoms with Crippen molar-refractivity contribution < 1.29 is 4.79 Å². The maximum Gasteiger partial charge on any atom is 0.131 e. The van der Waals surface area contributed by atoms with E-state index in [1.807, 2.05) is 0 Å². The summed E-state index contributed by atoms with van der Waals surface area (Å²) >= 11 is 0. The van der Waals surface area contributed by atoms with Crippen LogP contribution in [0.5, 0.6) is 0 Å². The minimum absolute atomic E-state index is 0.354. The van der Waals surface area contributed by atoms with Gasteiger partial charge in [0.2, 0.25) is 0 Å². The second-order valence-corrected chi connectivity index (χ2v) is 4.64. The molecular formula is C11H19NO. The third-order valence-electron chi connectivity index (χ3n) is 3.21. The van der Waals surface area contributed by atoms with Crippen LogP contribution in [0.3, 0.4) is 0 Å². The van der Waals surface area contributed by atoms with Crippen molar-refractivity contribution in [2.24, 2.45) is 5.92 Å². The molecule has 0 aromatic rings. The molecule has 2 nitrogen and oxygen atoms in total. The van der Waals surface area contributed by atoms with E-state index in [1.165, 1.54) is 38.8 Å². The molecule has 0 amide bonds. The monoisotopic (exact) mass is 181 g/mol. The molecule has 1 atom stereocenters. The largest absolute Gasteiger partial charge is 0.300 e. The fraction of sp³-hybridized carbons (Fsp3) is 0.909. The predicted molar refractivity (Wildman–Crippen MR) is 52.6 cm³/mol. The zero-order chi connectivity index (χ0) is 9.26. The number of carbonyl (C=O) groups excluding carboxylic acids is 1. The Labute approximate surface area is 80.3 Å². The average Bonchev–Trinajstić information content (AvgIpc) is 2.75. The molecule has 1 saturated heterocycles. The molecule has 2 aliphatic rings. The predicted octanol–water partition coefficient (Wildman–Crippen LogP) is 1.84. The molecule has 2 rings (SSSR count). The quantitative estimate of drug-likeness (QED) is 0.659. The van der Waals surface area contributed by atoms with Crippen molar-refractivity contribution in [2.45, 2.75) is 45.1 Å². The third-order valence-corrected chi connectivity index (χ3v) is 3.21. The molecule has 74 valence electrons. The van der Waals surface area contributed by atoms with E-state index in [2.05, 4.69) is 4.90 Å². The zero-order valence-corrected chi connectivity index (χ0v) is 8.46. The van der Waals surface area contributed by atoms with Gasteiger partial charge in [-0.2, -0.15) is 0 Å². The number of ketones is 1. The van der Waals surface area contributed by atoms with Crippen molar-refractivity contribution >= 4 is 5.78 Å². The topological polar surface area (TPSA) is 20.3 Å². The van der Waals surface area contributed by atoms with Gasteiger partial charge in [-0.25, -0.2) is 0 Å². The van der Waals surface area contributed by atoms with Crippen LogP contribution in [0, 0.1) is 5.92 Å². The minimum atomic E-state index is 0.354. The molecule has 1 saturated carbocycles. The van der Waals surface area contributed by atoms with Crippen LogP contribution < -0.4 is 0 Å². The summed E-state index contributed by atoms with van der Waals surface area (Å²) in [5, 5.41) is 0. The van der Waals surface area contributed by atoms with Crippen LogP contribution in [0.4, 0.5) is 0 Å². The number of hydrogen-bond donors (Lipinski definition) is 0. The zero-order valence-electron chi connectivity index (χ0n) is 8.46. The Morgan fingerprint density at radius 1 is 1.38 bits per heavy atom. The first-order chi connectivity index (χ1) is 6.25. The van der Waals surface area contributed by atoms with Crippen LogP contribution in [0.15, 0.2) is 0 Å². The highest BCUT2D eigenvalue weighted by Crippen LogP contribution is 2.32. The summed E-state index contributed by atoms with van der Waals surface area (Å²) in [6, 6.07) is 0.582. The molecule has 1 aliphatic carbocycles. The Morgan fingerprint density at radius 3 is 2.77 bits per heavy atom. The van der Waals surface area contributed by atoms with Crippen molar-refractivity contribution in [1.29, 1.82) is 0 Å². The van der Waals surface area contributed by atoms with Gasteiger partial charge >= 0.3 is 0 Å². The van der Waals surface area contributed by atoms with Gasteiger partial charge in [-0.05, 0) is 45.1 Å². The Bertz CT molecular complexity index is 198. The van der Waals surface area contributed by atoms with Gasteiger partial charge in [0.15, 0.2) is 0 Å². The summed E-state index contributed by atoms with van der Waals surface area (Å²) in [4.78, 5) is 13.6. The molecule has 1 aliphatic heterocycles. The third kappa shape index (κ3) is 2.53. The fourth-order valence-corrected chi connectivity index (χ4v) is 2.33. The number of rotatable bonds is 4. The Balaban J connectivity index is 1.81. The van der Waals surface area contributed by atoms with Crippen LogP contribution in [0.25, 0.3) is 0 Å². The number of nitrogens with zero attached hydrogens (tertiary/aromatic N) is 1. The maximum absolute atomic E-state index is 11.0. The number of carbonyl (C=O) groups is 1. The number of hydrogen-bond acceptors (Lipinski definition) is 2. The van der Waals surface area contributed by atoms with E-state index in [0.717, 1.165) is 12.3 Å². The summed E-state index contributed by atoms with van der Waals surface area (Å²) in [5.41, 5.74) is 0. The van der Waals surface area contributed by atoms with E-state index in [-0.39, 0.29) is 0 Å². The molecule has 13 heavy (non-hydrogen) atoms. The molecule has 0 spiro atoms. The van der Waals surface area contributed by atoms with Gasteiger partial charge < -0.3 is 0 Å². The molecule has 0 radical (unpaired) electrons. The second-order valence-electron chi connectivity index (χ2n) is 4.64. The van der Waals surface area contributed by atoms with Crippen LogP contribution in [0.1, 0.15) is 39.0 Å². The highest BCUT2D eigenvalue weighted by atomic mass is 16.1. The molecule has 0 bridgehead atoms. The van der Waals surface area contributed by atoms with Crippen molar-refractivity contribution in [2.75, 3.05) is 13.1 Å². The van der Waals surface area contributed by atoms with Gasteiger partial charge in [-0.3, -0.25) is 9.69 Å². The van der Waals surface area contributed by atoms with Crippen LogP contribution >= 0.6 is 0 Å². The molecule has 0 N–H and O–H groups in total. The molecule has 0 aromatic carbocycles. The summed E-state index contributed by atoms with van der Waals surface area (Å²) < 4.78 is 0. The van der Waals surface area contributed by atoms with Crippen LogP contribution in [0.2, 0.25) is 0 Å². The van der Waals surface area contributed by atoms with Crippen molar-refractivity contribution in [3.63, 3.8) is 0 Å². The average molecular weight is 181 g/mol. The van der Waals surface area contributed by atoms with Gasteiger partial charge in [0.05, 0.1) is 0 Å². The van der Waals surface area contributed by atoms with E-state index in [1.54, 1.807) is 6.92 Å². The van der Waals surface area contributed by atoms with Crippen LogP contribution in [-0.4, -0.2) is 29.8 Å². The number of likely N-dealkylation sites (tertiary alicyclic amines) is 1. The van der Waals surface area contributed by atoms with E-state index in [4.69, 9.17) is 0 Å². The van der Waals surface area contributed by atoms with Crippen molar-refractivity contribution in [1.82, 2.24) is 4.90 Å². The molecule has 0 aromatic heterocycles. The first-order valence-corrected chi connectivity index (χ1v) is 5.49. The normalized spacial score (nSPS) is 29.5. The van der Waals surface area contributed by atoms with E-state index in [0.29, 0.717) is 11.8 Å². The molecule has 1 unspecified atom stereocenters. The van der Waals surface area contributed by atoms with Crippen LogP contribution in [-0.2, 0) is 4.79 Å². The molecule has 2 heteroatoms. The smallest absolute Gasteiger partial charge is 0.131 e. The Morgan fingerprint density at radius 2 is 2.15 bits per heavy atom. The highest BCUT2D eigenvalue weighted by Gasteiger charge is 2.31. The minimum Gasteiger partial charge on any atom is -0.300 e. The van der Waals surface area contributed by atoms with Gasteiger partial charge in [-0.15, -0.1) is 0 Å². The van der Waals surface area contributed by atoms with E-state index < -0.39 is 0 Å². The highest BCUT2D eigenvalue weighted by molar-refractivity contribution is 5.76. The lowest BCUT2D eigenvalue weighted by molar-refractivity contribution is -0.118. The van der Waals surface area contributed by atoms with Gasteiger partial charge in [0.25, 0.3) is 0 Å². The van der Waals surface area contributed by atoms with E-state index in [9.17, 15) is 4.79 Å². The lowest BCUT2D eigenvalue weighted by atomic mass is 10.1. The fourth-order valence-electron chi connectivity index (χ4n) is 2.33. The Kier molecular flexibility index (Phi) is 2.68. The standard InChI is InChI=1S/C11H19NO/c1-9(13)7-11-3-2-6-12(11)8-10-4-5-10/h10-11H,2-8H2,1H3. The lowest BCUT2D eigenvalue weighted by Gasteiger charge is -2.23.